The SMILES string of the molecule is Cc1cc(=O)oc2cc(O[C@H](C)C(=O)Nc3ccccc3C(F)(F)F)ccc12. The van der Waals surface area contributed by atoms with E-state index in [1.54, 1.807) is 19.1 Å². The monoisotopic (exact) mass is 391 g/mol. The van der Waals surface area contributed by atoms with Gasteiger partial charge in [0.1, 0.15) is 11.3 Å². The van der Waals surface area contributed by atoms with Gasteiger partial charge in [0.15, 0.2) is 6.10 Å². The lowest BCUT2D eigenvalue weighted by atomic mass is 10.1. The Morgan fingerprint density at radius 1 is 1.14 bits per heavy atom. The first-order valence-corrected chi connectivity index (χ1v) is 8.33. The predicted octanol–water partition coefficient (Wildman–Crippen LogP) is 4.53. The maximum atomic E-state index is 13.0. The Bertz CT molecular complexity index is 1090. The zero-order chi connectivity index (χ0) is 20.5. The van der Waals surface area contributed by atoms with Gasteiger partial charge < -0.3 is 14.5 Å². The largest absolute Gasteiger partial charge is 0.481 e. The van der Waals surface area contributed by atoms with Crippen molar-refractivity contribution < 1.29 is 27.1 Å². The number of hydrogen-bond donors (Lipinski definition) is 1. The Labute approximate surface area is 157 Å². The van der Waals surface area contributed by atoms with Crippen LogP contribution < -0.4 is 15.7 Å². The molecule has 1 atom stereocenters. The summed E-state index contributed by atoms with van der Waals surface area (Å²) in [6.45, 7) is 3.16. The normalized spacial score (nSPS) is 12.6. The van der Waals surface area contributed by atoms with Crippen molar-refractivity contribution in [2.45, 2.75) is 26.1 Å². The topological polar surface area (TPSA) is 68.5 Å². The summed E-state index contributed by atoms with van der Waals surface area (Å²) in [7, 11) is 0. The number of carbonyl (C=O) groups is 1. The minimum absolute atomic E-state index is 0.244. The molecule has 0 fully saturated rings. The van der Waals surface area contributed by atoms with E-state index in [1.807, 2.05) is 0 Å². The number of rotatable bonds is 4. The summed E-state index contributed by atoms with van der Waals surface area (Å²) in [5.74, 6) is -0.504. The molecule has 0 aliphatic carbocycles. The number of benzene rings is 2. The summed E-state index contributed by atoms with van der Waals surface area (Å²) >= 11 is 0. The van der Waals surface area contributed by atoms with E-state index < -0.39 is 29.4 Å². The van der Waals surface area contributed by atoms with E-state index in [2.05, 4.69) is 5.32 Å². The number of halogens is 3. The highest BCUT2D eigenvalue weighted by atomic mass is 19.4. The van der Waals surface area contributed by atoms with E-state index >= 15 is 0 Å². The minimum atomic E-state index is -4.60. The molecule has 1 heterocycles. The minimum Gasteiger partial charge on any atom is -0.481 e. The first kappa shape index (κ1) is 19.5. The predicted molar refractivity (Wildman–Crippen MR) is 97.4 cm³/mol. The Balaban J connectivity index is 1.78. The Hall–Kier alpha value is -3.29. The number of nitrogens with one attached hydrogen (secondary N) is 1. The van der Waals surface area contributed by atoms with Gasteiger partial charge in [0.25, 0.3) is 5.91 Å². The number of fused-ring (bicyclic) bond motifs is 1. The molecule has 0 saturated carbocycles. The van der Waals surface area contributed by atoms with Crippen LogP contribution in [0.2, 0.25) is 0 Å². The average Bonchev–Trinajstić information content (AvgIpc) is 2.60. The lowest BCUT2D eigenvalue weighted by Gasteiger charge is -2.17. The molecule has 0 aliphatic heterocycles. The quantitative estimate of drug-likeness (QED) is 0.664. The molecule has 2 aromatic carbocycles. The van der Waals surface area contributed by atoms with Gasteiger partial charge in [0.05, 0.1) is 11.3 Å². The van der Waals surface area contributed by atoms with Gasteiger partial charge in [0, 0.05) is 17.5 Å². The van der Waals surface area contributed by atoms with Crippen LogP contribution in [0.1, 0.15) is 18.1 Å². The van der Waals surface area contributed by atoms with Gasteiger partial charge >= 0.3 is 11.8 Å². The van der Waals surface area contributed by atoms with Crippen LogP contribution in [0.3, 0.4) is 0 Å². The van der Waals surface area contributed by atoms with Crippen LogP contribution >= 0.6 is 0 Å². The molecule has 0 bridgehead atoms. The fraction of sp³-hybridized carbons (Fsp3) is 0.200. The van der Waals surface area contributed by atoms with E-state index in [0.29, 0.717) is 5.39 Å². The fourth-order valence-corrected chi connectivity index (χ4v) is 2.71. The third-order valence-electron chi connectivity index (χ3n) is 4.10. The molecule has 0 unspecified atom stereocenters. The van der Waals surface area contributed by atoms with E-state index in [9.17, 15) is 22.8 Å². The molecular formula is C20H16F3NO4. The first-order valence-electron chi connectivity index (χ1n) is 8.33. The highest BCUT2D eigenvalue weighted by Crippen LogP contribution is 2.34. The van der Waals surface area contributed by atoms with Gasteiger partial charge in [-0.15, -0.1) is 0 Å². The van der Waals surface area contributed by atoms with E-state index in [4.69, 9.17) is 9.15 Å². The molecule has 146 valence electrons. The van der Waals surface area contributed by atoms with Gasteiger partial charge in [-0.1, -0.05) is 12.1 Å². The van der Waals surface area contributed by atoms with Gasteiger partial charge in [-0.25, -0.2) is 4.79 Å². The summed E-state index contributed by atoms with van der Waals surface area (Å²) in [5, 5.41) is 2.95. The smallest absolute Gasteiger partial charge is 0.418 e. The molecule has 0 spiro atoms. The molecule has 0 saturated heterocycles. The molecule has 1 amide bonds. The highest BCUT2D eigenvalue weighted by Gasteiger charge is 2.34. The van der Waals surface area contributed by atoms with Crippen molar-refractivity contribution in [3.05, 3.63) is 70.1 Å². The van der Waals surface area contributed by atoms with Crippen molar-refractivity contribution >= 4 is 22.6 Å². The number of para-hydroxylation sites is 1. The maximum absolute atomic E-state index is 13.0. The van der Waals surface area contributed by atoms with Gasteiger partial charge in [-0.05, 0) is 43.7 Å². The zero-order valence-electron chi connectivity index (χ0n) is 15.0. The van der Waals surface area contributed by atoms with Crippen molar-refractivity contribution in [1.82, 2.24) is 0 Å². The van der Waals surface area contributed by atoms with E-state index in [0.717, 1.165) is 11.6 Å². The first-order chi connectivity index (χ1) is 13.1. The van der Waals surface area contributed by atoms with Crippen molar-refractivity contribution in [2.24, 2.45) is 0 Å². The Morgan fingerprint density at radius 2 is 1.86 bits per heavy atom. The van der Waals surface area contributed by atoms with Gasteiger partial charge in [-0.2, -0.15) is 13.2 Å². The van der Waals surface area contributed by atoms with Crippen LogP contribution in [0, 0.1) is 6.92 Å². The Morgan fingerprint density at radius 3 is 2.57 bits per heavy atom. The van der Waals surface area contributed by atoms with Crippen LogP contribution in [-0.2, 0) is 11.0 Å². The van der Waals surface area contributed by atoms with E-state index in [-0.39, 0.29) is 17.0 Å². The molecule has 5 nitrogen and oxygen atoms in total. The second-order valence-corrected chi connectivity index (χ2v) is 6.20. The van der Waals surface area contributed by atoms with Crippen molar-refractivity contribution in [3.8, 4) is 5.75 Å². The number of amides is 1. The molecule has 0 radical (unpaired) electrons. The summed E-state index contributed by atoms with van der Waals surface area (Å²) in [6.07, 6.45) is -5.68. The maximum Gasteiger partial charge on any atom is 0.418 e. The third kappa shape index (κ3) is 4.16. The number of anilines is 1. The van der Waals surface area contributed by atoms with Crippen LogP contribution in [-0.4, -0.2) is 12.0 Å². The Kier molecular flexibility index (Phi) is 5.13. The summed E-state index contributed by atoms with van der Waals surface area (Å²) in [5.41, 5.74) is -0.796. The van der Waals surface area contributed by atoms with Crippen molar-refractivity contribution in [3.63, 3.8) is 0 Å². The average molecular weight is 391 g/mol. The van der Waals surface area contributed by atoms with Gasteiger partial charge in [0.2, 0.25) is 0 Å². The zero-order valence-corrected chi connectivity index (χ0v) is 15.0. The molecule has 0 aliphatic rings. The number of carbonyl (C=O) groups excluding carboxylic acids is 1. The van der Waals surface area contributed by atoms with Gasteiger partial charge in [-0.3, -0.25) is 4.79 Å². The van der Waals surface area contributed by atoms with Crippen molar-refractivity contribution in [1.29, 1.82) is 0 Å². The molecule has 3 aromatic rings. The fourth-order valence-electron chi connectivity index (χ4n) is 2.71. The third-order valence-corrected chi connectivity index (χ3v) is 4.10. The summed E-state index contributed by atoms with van der Waals surface area (Å²) < 4.78 is 49.7. The number of aryl methyl sites for hydroxylation is 1. The molecule has 3 rings (SSSR count). The molecule has 8 heteroatoms. The lowest BCUT2D eigenvalue weighted by molar-refractivity contribution is -0.137. The number of hydrogen-bond acceptors (Lipinski definition) is 4. The van der Waals surface area contributed by atoms with E-state index in [1.165, 1.54) is 37.3 Å². The molecular weight excluding hydrogens is 375 g/mol. The van der Waals surface area contributed by atoms with Crippen LogP contribution in [0.4, 0.5) is 18.9 Å². The second kappa shape index (κ2) is 7.38. The van der Waals surface area contributed by atoms with Crippen molar-refractivity contribution in [2.75, 3.05) is 5.32 Å². The molecule has 1 aromatic heterocycles. The van der Waals surface area contributed by atoms with Crippen LogP contribution in [0.25, 0.3) is 11.0 Å². The number of ether oxygens (including phenoxy) is 1. The summed E-state index contributed by atoms with van der Waals surface area (Å²) in [6, 6.07) is 10.8. The van der Waals surface area contributed by atoms with Crippen LogP contribution in [0.15, 0.2) is 57.7 Å². The highest BCUT2D eigenvalue weighted by molar-refractivity contribution is 5.95. The lowest BCUT2D eigenvalue weighted by Crippen LogP contribution is -2.31. The molecule has 1 N–H and O–H groups in total. The molecule has 28 heavy (non-hydrogen) atoms. The standard InChI is InChI=1S/C20H16F3NO4/c1-11-9-18(25)28-17-10-13(7-8-14(11)17)27-12(2)19(26)24-16-6-4-3-5-15(16)20(21,22)23/h3-10,12H,1-2H3,(H,24,26)/t12-/m1/s1. The second-order valence-electron chi connectivity index (χ2n) is 6.20. The summed E-state index contributed by atoms with van der Waals surface area (Å²) in [4.78, 5) is 23.8. The number of alkyl halides is 3. The van der Waals surface area contributed by atoms with Crippen LogP contribution in [0.5, 0.6) is 5.75 Å².